The second kappa shape index (κ2) is 4.40. The van der Waals surface area contributed by atoms with Gasteiger partial charge in [-0.15, -0.1) is 5.10 Å². The lowest BCUT2D eigenvalue weighted by Crippen LogP contribution is -2.16. The Balaban J connectivity index is 2.21. The van der Waals surface area contributed by atoms with E-state index in [0.717, 1.165) is 23.9 Å². The Morgan fingerprint density at radius 3 is 3.00 bits per heavy atom. The largest absolute Gasteiger partial charge is 0.391 e. The van der Waals surface area contributed by atoms with Crippen molar-refractivity contribution in [2.45, 2.75) is 32.4 Å². The number of benzene rings is 1. The van der Waals surface area contributed by atoms with Gasteiger partial charge in [0.25, 0.3) is 0 Å². The van der Waals surface area contributed by atoms with Gasteiger partial charge in [-0.05, 0) is 18.6 Å². The van der Waals surface area contributed by atoms with Gasteiger partial charge >= 0.3 is 0 Å². The molecule has 1 atom stereocenters. The summed E-state index contributed by atoms with van der Waals surface area (Å²) in [6.07, 6.45) is 1.45. The molecule has 2 aromatic rings. The Kier molecular flexibility index (Phi) is 2.97. The molecule has 0 saturated carbocycles. The number of nitrogens with zero attached hydrogens (tertiary/aromatic N) is 3. The van der Waals surface area contributed by atoms with Crippen LogP contribution in [0.25, 0.3) is 11.0 Å². The predicted octanol–water partition coefficient (Wildman–Crippen LogP) is 1.59. The van der Waals surface area contributed by atoms with Crippen LogP contribution >= 0.6 is 0 Å². The van der Waals surface area contributed by atoms with Gasteiger partial charge in [-0.1, -0.05) is 30.7 Å². The highest BCUT2D eigenvalue weighted by molar-refractivity contribution is 5.73. The van der Waals surface area contributed by atoms with Crippen molar-refractivity contribution in [2.24, 2.45) is 0 Å². The fourth-order valence-corrected chi connectivity index (χ4v) is 1.68. The summed E-state index contributed by atoms with van der Waals surface area (Å²) in [7, 11) is 0. The minimum absolute atomic E-state index is 0.333. The molecule has 1 heterocycles. The van der Waals surface area contributed by atoms with Crippen molar-refractivity contribution < 1.29 is 5.11 Å². The third kappa shape index (κ3) is 2.15. The maximum absolute atomic E-state index is 9.69. The second-order valence-electron chi connectivity index (χ2n) is 3.70. The van der Waals surface area contributed by atoms with Crippen LogP contribution in [-0.2, 0) is 6.54 Å². The number of aliphatic hydroxyl groups excluding tert-OH is 1. The quantitative estimate of drug-likeness (QED) is 0.824. The highest BCUT2D eigenvalue weighted by Crippen LogP contribution is 2.11. The zero-order chi connectivity index (χ0) is 10.7. The molecule has 0 fully saturated rings. The van der Waals surface area contributed by atoms with Gasteiger partial charge in [0, 0.05) is 0 Å². The first-order valence-electron chi connectivity index (χ1n) is 5.27. The highest BCUT2D eigenvalue weighted by Gasteiger charge is 2.08. The van der Waals surface area contributed by atoms with E-state index in [-0.39, 0.29) is 6.10 Å². The van der Waals surface area contributed by atoms with E-state index in [4.69, 9.17) is 0 Å². The van der Waals surface area contributed by atoms with E-state index < -0.39 is 0 Å². The van der Waals surface area contributed by atoms with E-state index in [2.05, 4.69) is 17.2 Å². The van der Waals surface area contributed by atoms with E-state index in [1.165, 1.54) is 0 Å². The van der Waals surface area contributed by atoms with Crippen LogP contribution in [0.2, 0.25) is 0 Å². The topological polar surface area (TPSA) is 50.9 Å². The summed E-state index contributed by atoms with van der Waals surface area (Å²) in [4.78, 5) is 0. The van der Waals surface area contributed by atoms with Crippen LogP contribution in [-0.4, -0.2) is 26.2 Å². The Labute approximate surface area is 88.5 Å². The molecule has 1 unspecified atom stereocenters. The lowest BCUT2D eigenvalue weighted by molar-refractivity contribution is 0.139. The Bertz CT molecular complexity index is 438. The summed E-state index contributed by atoms with van der Waals surface area (Å²) in [6.45, 7) is 2.58. The van der Waals surface area contributed by atoms with Crippen molar-refractivity contribution in [2.75, 3.05) is 0 Å². The zero-order valence-corrected chi connectivity index (χ0v) is 8.80. The summed E-state index contributed by atoms with van der Waals surface area (Å²) in [5.41, 5.74) is 1.86. The van der Waals surface area contributed by atoms with Crippen LogP contribution in [0.5, 0.6) is 0 Å². The molecule has 15 heavy (non-hydrogen) atoms. The molecule has 0 spiro atoms. The van der Waals surface area contributed by atoms with Crippen molar-refractivity contribution >= 4 is 11.0 Å². The van der Waals surface area contributed by atoms with Crippen LogP contribution in [0.3, 0.4) is 0 Å². The molecule has 1 N–H and O–H groups in total. The minimum atomic E-state index is -0.333. The van der Waals surface area contributed by atoms with Gasteiger partial charge < -0.3 is 5.11 Å². The van der Waals surface area contributed by atoms with Crippen molar-refractivity contribution in [3.05, 3.63) is 24.3 Å². The number of rotatable bonds is 4. The molecule has 1 aromatic carbocycles. The fraction of sp³-hybridized carbons (Fsp3) is 0.455. The van der Waals surface area contributed by atoms with E-state index >= 15 is 0 Å². The predicted molar refractivity (Wildman–Crippen MR) is 58.4 cm³/mol. The fourth-order valence-electron chi connectivity index (χ4n) is 1.68. The SMILES string of the molecule is CCCC(O)Cn1nnc2ccccc21. The Morgan fingerprint density at radius 1 is 1.40 bits per heavy atom. The number of hydrogen-bond acceptors (Lipinski definition) is 3. The summed E-state index contributed by atoms with van der Waals surface area (Å²) in [5.74, 6) is 0. The molecule has 1 aromatic heterocycles. The average molecular weight is 205 g/mol. The Hall–Kier alpha value is -1.42. The minimum Gasteiger partial charge on any atom is -0.391 e. The van der Waals surface area contributed by atoms with Gasteiger partial charge in [-0.3, -0.25) is 0 Å². The maximum atomic E-state index is 9.69. The van der Waals surface area contributed by atoms with Crippen LogP contribution in [0.1, 0.15) is 19.8 Å². The monoisotopic (exact) mass is 205 g/mol. The molecular weight excluding hydrogens is 190 g/mol. The number of aliphatic hydroxyl groups is 1. The van der Waals surface area contributed by atoms with Crippen molar-refractivity contribution in [1.29, 1.82) is 0 Å². The third-order valence-electron chi connectivity index (χ3n) is 2.43. The van der Waals surface area contributed by atoms with E-state index in [1.54, 1.807) is 4.68 Å². The van der Waals surface area contributed by atoms with Gasteiger partial charge in [-0.2, -0.15) is 0 Å². The van der Waals surface area contributed by atoms with Crippen molar-refractivity contribution in [1.82, 2.24) is 15.0 Å². The lowest BCUT2D eigenvalue weighted by Gasteiger charge is -2.08. The summed E-state index contributed by atoms with van der Waals surface area (Å²) in [6, 6.07) is 7.78. The van der Waals surface area contributed by atoms with Gasteiger partial charge in [-0.25, -0.2) is 4.68 Å². The van der Waals surface area contributed by atoms with E-state index in [1.807, 2.05) is 24.3 Å². The van der Waals surface area contributed by atoms with Gasteiger partial charge in [0.05, 0.1) is 18.2 Å². The van der Waals surface area contributed by atoms with Gasteiger partial charge in [0.2, 0.25) is 0 Å². The highest BCUT2D eigenvalue weighted by atomic mass is 16.3. The maximum Gasteiger partial charge on any atom is 0.113 e. The van der Waals surface area contributed by atoms with Crippen LogP contribution in [0.4, 0.5) is 0 Å². The smallest absolute Gasteiger partial charge is 0.113 e. The molecule has 4 nitrogen and oxygen atoms in total. The lowest BCUT2D eigenvalue weighted by atomic mass is 10.2. The van der Waals surface area contributed by atoms with Crippen LogP contribution in [0, 0.1) is 0 Å². The molecule has 2 rings (SSSR count). The molecule has 0 bridgehead atoms. The first-order valence-corrected chi connectivity index (χ1v) is 5.27. The molecule has 0 amide bonds. The average Bonchev–Trinajstić information content (AvgIpc) is 2.62. The number of para-hydroxylation sites is 1. The van der Waals surface area contributed by atoms with Crippen molar-refractivity contribution in [3.63, 3.8) is 0 Å². The van der Waals surface area contributed by atoms with E-state index in [9.17, 15) is 5.11 Å². The molecule has 0 aliphatic rings. The number of fused-ring (bicyclic) bond motifs is 1. The molecule has 0 aliphatic heterocycles. The normalized spacial score (nSPS) is 13.2. The van der Waals surface area contributed by atoms with Crippen molar-refractivity contribution in [3.8, 4) is 0 Å². The van der Waals surface area contributed by atoms with E-state index in [0.29, 0.717) is 6.54 Å². The second-order valence-corrected chi connectivity index (χ2v) is 3.70. The number of aromatic nitrogens is 3. The molecule has 0 aliphatic carbocycles. The van der Waals surface area contributed by atoms with Crippen LogP contribution < -0.4 is 0 Å². The molecular formula is C11H15N3O. The summed E-state index contributed by atoms with van der Waals surface area (Å²) in [5, 5.41) is 17.7. The van der Waals surface area contributed by atoms with Crippen LogP contribution in [0.15, 0.2) is 24.3 Å². The molecule has 0 radical (unpaired) electrons. The van der Waals surface area contributed by atoms with Gasteiger partial charge in [0.15, 0.2) is 0 Å². The zero-order valence-electron chi connectivity index (χ0n) is 8.80. The summed E-state index contributed by atoms with van der Waals surface area (Å²) >= 11 is 0. The first-order chi connectivity index (χ1) is 7.31. The molecule has 4 heteroatoms. The summed E-state index contributed by atoms with van der Waals surface area (Å²) < 4.78 is 1.76. The first kappa shape index (κ1) is 10.1. The van der Waals surface area contributed by atoms with Gasteiger partial charge in [0.1, 0.15) is 5.52 Å². The molecule has 80 valence electrons. The third-order valence-corrected chi connectivity index (χ3v) is 2.43. The standard InChI is InChI=1S/C11H15N3O/c1-2-5-9(15)8-14-11-7-4-3-6-10(11)12-13-14/h3-4,6-7,9,15H,2,5,8H2,1H3. The molecule has 0 saturated heterocycles. The Morgan fingerprint density at radius 2 is 2.20 bits per heavy atom. The number of hydrogen-bond donors (Lipinski definition) is 1.